The number of Topliss-reactive ketones (excluding diaryl/α,β-unsaturated/α-hetero) is 2. The van der Waals surface area contributed by atoms with Crippen molar-refractivity contribution in [3.63, 3.8) is 0 Å². The zero-order valence-electron chi connectivity index (χ0n) is 15.2. The zero-order chi connectivity index (χ0) is 19.3. The van der Waals surface area contributed by atoms with Gasteiger partial charge in [-0.05, 0) is 30.6 Å². The monoisotopic (exact) mass is 356 g/mol. The number of carboxylic acids is 1. The summed E-state index contributed by atoms with van der Waals surface area (Å²) >= 11 is 0. The highest BCUT2D eigenvalue weighted by Crippen LogP contribution is 2.60. The molecule has 0 heterocycles. The molecule has 0 unspecified atom stereocenters. The van der Waals surface area contributed by atoms with Crippen LogP contribution >= 0.6 is 0 Å². The Morgan fingerprint density at radius 3 is 2.62 bits per heavy atom. The van der Waals surface area contributed by atoms with Gasteiger partial charge in [-0.15, -0.1) is 6.58 Å². The second-order valence-electron chi connectivity index (χ2n) is 8.10. The van der Waals surface area contributed by atoms with Gasteiger partial charge in [-0.1, -0.05) is 38.5 Å². The Balaban J connectivity index is 2.16. The highest BCUT2D eigenvalue weighted by atomic mass is 16.4. The molecule has 0 aromatic heterocycles. The van der Waals surface area contributed by atoms with Crippen LogP contribution in [0.4, 0.5) is 0 Å². The summed E-state index contributed by atoms with van der Waals surface area (Å²) in [6.07, 6.45) is 7.44. The number of ketones is 2. The fourth-order valence-corrected chi connectivity index (χ4v) is 5.23. The number of carbonyl (C=O) groups is 3. The van der Waals surface area contributed by atoms with Crippen LogP contribution in [0, 0.1) is 16.7 Å². The minimum Gasteiger partial charge on any atom is -0.507 e. The van der Waals surface area contributed by atoms with Crippen molar-refractivity contribution in [2.75, 3.05) is 0 Å². The standard InChI is InChI=1S/C21H24O5/c1-4-6-13-17(24)12-7-8-14-20(2,11-15(22)23)9-5-10-21(14,3)16(12)19(26)18(13)25/h4,7-8,14,24H,1,5-6,9-11H2,2-3H3,(H,22,23)/t14-,20-,21+/m1/s1. The predicted molar refractivity (Wildman–Crippen MR) is 96.5 cm³/mol. The Labute approximate surface area is 152 Å². The molecular weight excluding hydrogens is 332 g/mol. The molecule has 1 fully saturated rings. The van der Waals surface area contributed by atoms with Gasteiger partial charge in [-0.2, -0.15) is 0 Å². The maximum absolute atomic E-state index is 12.9. The van der Waals surface area contributed by atoms with E-state index in [9.17, 15) is 24.6 Å². The van der Waals surface area contributed by atoms with Crippen LogP contribution in [0.2, 0.25) is 0 Å². The van der Waals surface area contributed by atoms with Gasteiger partial charge in [0.05, 0.1) is 6.42 Å². The fourth-order valence-electron chi connectivity index (χ4n) is 5.23. The smallest absolute Gasteiger partial charge is 0.303 e. The summed E-state index contributed by atoms with van der Waals surface area (Å²) in [5.74, 6) is -2.45. The Bertz CT molecular complexity index is 812. The van der Waals surface area contributed by atoms with Crippen molar-refractivity contribution < 1.29 is 24.6 Å². The molecule has 0 bridgehead atoms. The topological polar surface area (TPSA) is 91.7 Å². The minimum atomic E-state index is -0.869. The third kappa shape index (κ3) is 2.49. The van der Waals surface area contributed by atoms with Gasteiger partial charge in [0.15, 0.2) is 0 Å². The molecule has 0 aliphatic heterocycles. The molecule has 3 aliphatic rings. The number of aliphatic hydroxyl groups excluding tert-OH is 1. The van der Waals surface area contributed by atoms with E-state index in [4.69, 9.17) is 0 Å². The van der Waals surface area contributed by atoms with Crippen LogP contribution in [-0.2, 0) is 14.4 Å². The molecule has 3 rings (SSSR count). The van der Waals surface area contributed by atoms with Gasteiger partial charge in [0.1, 0.15) is 5.76 Å². The van der Waals surface area contributed by atoms with E-state index in [0.29, 0.717) is 17.6 Å². The van der Waals surface area contributed by atoms with Crippen LogP contribution in [0.3, 0.4) is 0 Å². The number of fused-ring (bicyclic) bond motifs is 2. The first kappa shape index (κ1) is 18.4. The van der Waals surface area contributed by atoms with Crippen molar-refractivity contribution in [1.82, 2.24) is 0 Å². The average molecular weight is 356 g/mol. The first-order valence-corrected chi connectivity index (χ1v) is 8.93. The highest BCUT2D eigenvalue weighted by molar-refractivity contribution is 6.50. The van der Waals surface area contributed by atoms with Crippen LogP contribution in [0.15, 0.2) is 47.3 Å². The molecule has 0 saturated heterocycles. The predicted octanol–water partition coefficient (Wildman–Crippen LogP) is 3.68. The number of carboxylic acid groups (broad SMARTS) is 1. The maximum Gasteiger partial charge on any atom is 0.303 e. The summed E-state index contributed by atoms with van der Waals surface area (Å²) in [7, 11) is 0. The van der Waals surface area contributed by atoms with Crippen molar-refractivity contribution >= 4 is 17.5 Å². The number of aliphatic carboxylic acids is 1. The van der Waals surface area contributed by atoms with Crippen LogP contribution in [-0.4, -0.2) is 27.7 Å². The van der Waals surface area contributed by atoms with E-state index in [1.165, 1.54) is 6.08 Å². The zero-order valence-corrected chi connectivity index (χ0v) is 15.2. The van der Waals surface area contributed by atoms with Crippen molar-refractivity contribution in [1.29, 1.82) is 0 Å². The van der Waals surface area contributed by atoms with Gasteiger partial charge in [0.25, 0.3) is 0 Å². The number of hydrogen-bond donors (Lipinski definition) is 2. The van der Waals surface area contributed by atoms with E-state index in [1.54, 1.807) is 6.08 Å². The third-order valence-corrected chi connectivity index (χ3v) is 6.33. The quantitative estimate of drug-likeness (QED) is 0.455. The second-order valence-corrected chi connectivity index (χ2v) is 8.10. The molecule has 3 atom stereocenters. The van der Waals surface area contributed by atoms with Crippen molar-refractivity contribution in [3.05, 3.63) is 47.3 Å². The Morgan fingerprint density at radius 2 is 2.00 bits per heavy atom. The van der Waals surface area contributed by atoms with E-state index in [1.807, 2.05) is 19.9 Å². The number of carbonyl (C=O) groups excluding carboxylic acids is 2. The lowest BCUT2D eigenvalue weighted by atomic mass is 9.49. The average Bonchev–Trinajstić information content (AvgIpc) is 2.54. The van der Waals surface area contributed by atoms with E-state index in [-0.39, 0.29) is 30.1 Å². The molecule has 0 aromatic carbocycles. The molecule has 0 amide bonds. The molecular formula is C21H24O5. The van der Waals surface area contributed by atoms with E-state index in [0.717, 1.165) is 12.8 Å². The molecule has 3 aliphatic carbocycles. The van der Waals surface area contributed by atoms with Crippen molar-refractivity contribution in [2.24, 2.45) is 16.7 Å². The van der Waals surface area contributed by atoms with Crippen LogP contribution < -0.4 is 0 Å². The van der Waals surface area contributed by atoms with Crippen molar-refractivity contribution in [3.8, 4) is 0 Å². The summed E-state index contributed by atoms with van der Waals surface area (Å²) in [6.45, 7) is 7.44. The van der Waals surface area contributed by atoms with Gasteiger partial charge < -0.3 is 10.2 Å². The van der Waals surface area contributed by atoms with E-state index in [2.05, 4.69) is 6.58 Å². The normalized spacial score (nSPS) is 33.8. The maximum atomic E-state index is 12.9. The molecule has 2 N–H and O–H groups in total. The number of allylic oxidation sites excluding steroid dienone is 5. The first-order valence-electron chi connectivity index (χ1n) is 8.93. The van der Waals surface area contributed by atoms with Crippen LogP contribution in [0.1, 0.15) is 46.0 Å². The second kappa shape index (κ2) is 6.08. The molecule has 5 nitrogen and oxygen atoms in total. The summed E-state index contributed by atoms with van der Waals surface area (Å²) in [5, 5.41) is 20.0. The molecule has 1 saturated carbocycles. The lowest BCUT2D eigenvalue weighted by molar-refractivity contribution is -0.142. The molecule has 138 valence electrons. The minimum absolute atomic E-state index is 0.00584. The number of hydrogen-bond acceptors (Lipinski definition) is 4. The van der Waals surface area contributed by atoms with Gasteiger partial charge in [0.2, 0.25) is 11.6 Å². The Morgan fingerprint density at radius 1 is 1.31 bits per heavy atom. The molecule has 5 heteroatoms. The Kier molecular flexibility index (Phi) is 4.29. The highest BCUT2D eigenvalue weighted by Gasteiger charge is 2.55. The molecule has 0 spiro atoms. The largest absolute Gasteiger partial charge is 0.507 e. The van der Waals surface area contributed by atoms with Crippen LogP contribution in [0.5, 0.6) is 0 Å². The third-order valence-electron chi connectivity index (χ3n) is 6.33. The van der Waals surface area contributed by atoms with Crippen molar-refractivity contribution in [2.45, 2.75) is 46.0 Å². The summed E-state index contributed by atoms with van der Waals surface area (Å²) in [5.41, 5.74) is -0.328. The van der Waals surface area contributed by atoms with E-state index < -0.39 is 28.4 Å². The lowest BCUT2D eigenvalue weighted by Crippen LogP contribution is -2.49. The molecule has 0 radical (unpaired) electrons. The molecule has 26 heavy (non-hydrogen) atoms. The summed E-state index contributed by atoms with van der Waals surface area (Å²) in [4.78, 5) is 36.9. The Hall–Kier alpha value is -2.43. The number of aliphatic hydroxyl groups is 1. The fraction of sp³-hybridized carbons (Fsp3) is 0.476. The van der Waals surface area contributed by atoms with Gasteiger partial charge in [-0.3, -0.25) is 14.4 Å². The van der Waals surface area contributed by atoms with Crippen LogP contribution in [0.25, 0.3) is 0 Å². The summed E-state index contributed by atoms with van der Waals surface area (Å²) < 4.78 is 0. The molecule has 0 aromatic rings. The number of rotatable bonds is 4. The van der Waals surface area contributed by atoms with Gasteiger partial charge >= 0.3 is 5.97 Å². The SMILES string of the molecule is C=CCC1=C(O)C2=C(C(=O)C1=O)[C@@]1(C)CCC[C@](C)(CC(=O)O)[C@H]1C=C2. The van der Waals surface area contributed by atoms with Gasteiger partial charge in [-0.25, -0.2) is 0 Å². The van der Waals surface area contributed by atoms with Gasteiger partial charge in [0, 0.05) is 22.1 Å². The first-order chi connectivity index (χ1) is 12.2. The van der Waals surface area contributed by atoms with E-state index >= 15 is 0 Å². The lowest BCUT2D eigenvalue weighted by Gasteiger charge is -2.53. The summed E-state index contributed by atoms with van der Waals surface area (Å²) in [6, 6.07) is 0.